The first-order valence-electron chi connectivity index (χ1n) is 4.41. The molecule has 4 nitrogen and oxygen atoms in total. The van der Waals surface area contributed by atoms with Gasteiger partial charge in [-0.3, -0.25) is 0 Å². The zero-order valence-corrected chi connectivity index (χ0v) is 10.8. The van der Waals surface area contributed by atoms with Gasteiger partial charge in [-0.2, -0.15) is 10.1 Å². The quantitative estimate of drug-likeness (QED) is 0.752. The van der Waals surface area contributed by atoms with Gasteiger partial charge in [-0.05, 0) is 25.4 Å². The summed E-state index contributed by atoms with van der Waals surface area (Å²) >= 11 is 17.7. The molecule has 2 rings (SSSR count). The van der Waals surface area contributed by atoms with E-state index in [2.05, 4.69) is 15.1 Å². The van der Waals surface area contributed by atoms with Crippen LogP contribution in [0.4, 0.5) is 0 Å². The Morgan fingerprint density at radius 2 is 1.88 bits per heavy atom. The third-order valence-electron chi connectivity index (χ3n) is 2.10. The molecule has 0 aliphatic carbocycles. The molecular weight excluding hydrogens is 270 g/mol. The molecule has 0 radical (unpaired) electrons. The smallest absolute Gasteiger partial charge is 0.224 e. The third-order valence-corrected chi connectivity index (χ3v) is 3.10. The Morgan fingerprint density at radius 3 is 2.44 bits per heavy atom. The molecule has 0 aliphatic heterocycles. The minimum absolute atomic E-state index is 0.114. The van der Waals surface area contributed by atoms with Gasteiger partial charge in [-0.25, -0.2) is 9.67 Å². The molecule has 0 unspecified atom stereocenters. The summed E-state index contributed by atoms with van der Waals surface area (Å²) in [5.74, 6) is 0.425. The van der Waals surface area contributed by atoms with Crippen LogP contribution in [-0.4, -0.2) is 19.7 Å². The molecule has 0 N–H and O–H groups in total. The molecule has 7 heteroatoms. The van der Waals surface area contributed by atoms with E-state index in [4.69, 9.17) is 34.8 Å². The maximum absolute atomic E-state index is 6.04. The number of halogens is 3. The number of aryl methyl sites for hydroxylation is 1. The van der Waals surface area contributed by atoms with Crippen LogP contribution in [0.15, 0.2) is 6.20 Å². The van der Waals surface area contributed by atoms with E-state index in [0.29, 0.717) is 21.6 Å². The minimum atomic E-state index is 0.114. The van der Waals surface area contributed by atoms with Crippen molar-refractivity contribution in [1.82, 2.24) is 19.7 Å². The Bertz CT molecular complexity index is 550. The van der Waals surface area contributed by atoms with Crippen LogP contribution in [-0.2, 0) is 0 Å². The fourth-order valence-electron chi connectivity index (χ4n) is 1.32. The van der Waals surface area contributed by atoms with Gasteiger partial charge < -0.3 is 0 Å². The van der Waals surface area contributed by atoms with Crippen LogP contribution in [0.2, 0.25) is 15.3 Å². The Kier molecular flexibility index (Phi) is 3.06. The van der Waals surface area contributed by atoms with Crippen molar-refractivity contribution >= 4 is 34.8 Å². The topological polar surface area (TPSA) is 43.6 Å². The van der Waals surface area contributed by atoms with Crippen molar-refractivity contribution in [3.63, 3.8) is 0 Å². The second kappa shape index (κ2) is 4.20. The molecule has 0 fully saturated rings. The van der Waals surface area contributed by atoms with Crippen LogP contribution in [0.3, 0.4) is 0 Å². The van der Waals surface area contributed by atoms with Gasteiger partial charge in [0.25, 0.3) is 0 Å². The first-order valence-corrected chi connectivity index (χ1v) is 5.54. The summed E-state index contributed by atoms with van der Waals surface area (Å²) in [5, 5.41) is 5.30. The normalized spacial score (nSPS) is 10.8. The summed E-state index contributed by atoms with van der Waals surface area (Å²) < 4.78 is 1.55. The molecule has 0 saturated heterocycles. The SMILES string of the molecule is Cc1nn(-c2nc(Cl)ncc2Cl)c(C)c1Cl. The van der Waals surface area contributed by atoms with Gasteiger partial charge >= 0.3 is 0 Å². The maximum atomic E-state index is 6.04. The van der Waals surface area contributed by atoms with Gasteiger partial charge in [0.2, 0.25) is 5.28 Å². The molecule has 0 saturated carbocycles. The van der Waals surface area contributed by atoms with Crippen LogP contribution in [0.25, 0.3) is 5.82 Å². The summed E-state index contributed by atoms with van der Waals surface area (Å²) in [6, 6.07) is 0. The lowest BCUT2D eigenvalue weighted by Gasteiger charge is -2.04. The zero-order valence-electron chi connectivity index (χ0n) is 8.50. The van der Waals surface area contributed by atoms with E-state index in [9.17, 15) is 0 Å². The van der Waals surface area contributed by atoms with Gasteiger partial charge in [0.1, 0.15) is 5.02 Å². The van der Waals surface area contributed by atoms with Crippen molar-refractivity contribution in [3.05, 3.63) is 32.9 Å². The number of hydrogen-bond acceptors (Lipinski definition) is 3. The highest BCUT2D eigenvalue weighted by Gasteiger charge is 2.14. The summed E-state index contributed by atoms with van der Waals surface area (Å²) in [6.45, 7) is 3.64. The molecule has 0 aliphatic rings. The van der Waals surface area contributed by atoms with E-state index in [0.717, 1.165) is 5.69 Å². The van der Waals surface area contributed by atoms with E-state index in [-0.39, 0.29) is 5.28 Å². The van der Waals surface area contributed by atoms with Crippen LogP contribution in [0.5, 0.6) is 0 Å². The number of aromatic nitrogens is 4. The van der Waals surface area contributed by atoms with Crippen molar-refractivity contribution in [2.24, 2.45) is 0 Å². The molecule has 0 atom stereocenters. The standard InChI is InChI=1S/C9H7Cl3N4/c1-4-7(11)5(2)16(15-4)8-6(10)3-13-9(12)14-8/h3H,1-2H3. The van der Waals surface area contributed by atoms with Crippen molar-refractivity contribution in [1.29, 1.82) is 0 Å². The summed E-state index contributed by atoms with van der Waals surface area (Å²) in [6.07, 6.45) is 1.43. The second-order valence-electron chi connectivity index (χ2n) is 3.21. The van der Waals surface area contributed by atoms with Crippen molar-refractivity contribution in [2.75, 3.05) is 0 Å². The van der Waals surface area contributed by atoms with Crippen LogP contribution in [0, 0.1) is 13.8 Å². The Hall–Kier alpha value is -0.840. The first-order chi connectivity index (χ1) is 7.50. The first kappa shape index (κ1) is 11.6. The van der Waals surface area contributed by atoms with E-state index in [1.54, 1.807) is 4.68 Å². The van der Waals surface area contributed by atoms with Crippen LogP contribution < -0.4 is 0 Å². The Balaban J connectivity index is 2.67. The van der Waals surface area contributed by atoms with Crippen LogP contribution in [0.1, 0.15) is 11.4 Å². The van der Waals surface area contributed by atoms with Gasteiger partial charge in [0.05, 0.1) is 22.6 Å². The molecule has 2 aromatic rings. The van der Waals surface area contributed by atoms with Gasteiger partial charge in [0.15, 0.2) is 5.82 Å². The highest BCUT2D eigenvalue weighted by molar-refractivity contribution is 6.33. The predicted octanol–water partition coefficient (Wildman–Crippen LogP) is 3.24. The molecule has 0 spiro atoms. The maximum Gasteiger partial charge on any atom is 0.224 e. The molecule has 0 bridgehead atoms. The summed E-state index contributed by atoms with van der Waals surface area (Å²) in [7, 11) is 0. The summed E-state index contributed by atoms with van der Waals surface area (Å²) in [5.41, 5.74) is 1.47. The van der Waals surface area contributed by atoms with E-state index in [1.807, 2.05) is 13.8 Å². The predicted molar refractivity (Wildman–Crippen MR) is 63.7 cm³/mol. The molecule has 0 amide bonds. The Morgan fingerprint density at radius 1 is 1.19 bits per heavy atom. The third kappa shape index (κ3) is 1.88. The van der Waals surface area contributed by atoms with Crippen molar-refractivity contribution in [3.8, 4) is 5.82 Å². The molecule has 16 heavy (non-hydrogen) atoms. The van der Waals surface area contributed by atoms with Gasteiger partial charge in [0, 0.05) is 0 Å². The van der Waals surface area contributed by atoms with Gasteiger partial charge in [-0.1, -0.05) is 23.2 Å². The number of hydrogen-bond donors (Lipinski definition) is 0. The van der Waals surface area contributed by atoms with Crippen molar-refractivity contribution in [2.45, 2.75) is 13.8 Å². The van der Waals surface area contributed by atoms with E-state index in [1.165, 1.54) is 6.20 Å². The molecule has 0 aromatic carbocycles. The average molecular weight is 278 g/mol. The number of rotatable bonds is 1. The van der Waals surface area contributed by atoms with Crippen LogP contribution >= 0.6 is 34.8 Å². The number of nitrogens with zero attached hydrogens (tertiary/aromatic N) is 4. The summed E-state index contributed by atoms with van der Waals surface area (Å²) in [4.78, 5) is 7.79. The van der Waals surface area contributed by atoms with Crippen molar-refractivity contribution < 1.29 is 0 Å². The molecule has 84 valence electrons. The highest BCUT2D eigenvalue weighted by Crippen LogP contribution is 2.25. The Labute approximate surface area is 107 Å². The highest BCUT2D eigenvalue weighted by atomic mass is 35.5. The van der Waals surface area contributed by atoms with E-state index < -0.39 is 0 Å². The monoisotopic (exact) mass is 276 g/mol. The fourth-order valence-corrected chi connectivity index (χ4v) is 1.73. The lowest BCUT2D eigenvalue weighted by atomic mass is 10.4. The lowest BCUT2D eigenvalue weighted by Crippen LogP contribution is -2.03. The lowest BCUT2D eigenvalue weighted by molar-refractivity contribution is 0.801. The van der Waals surface area contributed by atoms with E-state index >= 15 is 0 Å². The largest absolute Gasteiger partial charge is 0.225 e. The average Bonchev–Trinajstić information content (AvgIpc) is 2.50. The fraction of sp³-hybridized carbons (Fsp3) is 0.222. The minimum Gasteiger partial charge on any atom is -0.225 e. The molecular formula is C9H7Cl3N4. The zero-order chi connectivity index (χ0) is 11.9. The molecule has 2 aromatic heterocycles. The second-order valence-corrected chi connectivity index (χ2v) is 4.33. The molecule has 2 heterocycles. The van der Waals surface area contributed by atoms with Gasteiger partial charge in [-0.15, -0.1) is 0 Å².